The molecular weight excluding hydrogens is 107 g/mol. The van der Waals surface area contributed by atoms with Gasteiger partial charge in [0.1, 0.15) is 0 Å². The van der Waals surface area contributed by atoms with E-state index in [1.165, 1.54) is 39.4 Å². The average Bonchev–Trinajstić information content (AvgIpc) is 1.88. The zero-order valence-corrected chi connectivity index (χ0v) is 5.90. The van der Waals surface area contributed by atoms with E-state index in [4.69, 9.17) is 0 Å². The molecule has 0 aromatic rings. The van der Waals surface area contributed by atoms with Gasteiger partial charge >= 0.3 is 0 Å². The van der Waals surface area contributed by atoms with Crippen LogP contribution in [-0.2, 0) is 0 Å². The van der Waals surface area contributed by atoms with Crippen molar-refractivity contribution in [3.63, 3.8) is 0 Å². The van der Waals surface area contributed by atoms with E-state index in [0.29, 0.717) is 0 Å². The quantitative estimate of drug-likeness (QED) is 0.429. The molecule has 0 N–H and O–H groups in total. The maximum absolute atomic E-state index is 2.47. The molecule has 0 nitrogen and oxygen atoms in total. The predicted molar refractivity (Wildman–Crippen MR) is 42.1 cm³/mol. The summed E-state index contributed by atoms with van der Waals surface area (Å²) in [7, 11) is 1.44. The molecule has 1 fully saturated rings. The van der Waals surface area contributed by atoms with E-state index in [0.717, 1.165) is 5.82 Å². The van der Waals surface area contributed by atoms with E-state index in [1.807, 2.05) is 0 Å². The maximum atomic E-state index is 2.47. The Balaban J connectivity index is 2.13. The van der Waals surface area contributed by atoms with Crippen molar-refractivity contribution in [2.24, 2.45) is 0 Å². The second-order valence-corrected chi connectivity index (χ2v) is 3.40. The third-order valence-corrected chi connectivity index (χ3v) is 2.67. The fraction of sp³-hybridized carbons (Fsp3) is 0.750. The van der Waals surface area contributed by atoms with E-state index >= 15 is 0 Å². The van der Waals surface area contributed by atoms with Gasteiger partial charge in [-0.05, 0) is 12.8 Å². The topological polar surface area (TPSA) is 0 Å². The highest BCUT2D eigenvalue weighted by molar-refractivity contribution is 6.47. The first kappa shape index (κ1) is 5.58. The summed E-state index contributed by atoms with van der Waals surface area (Å²) >= 11 is 0. The monoisotopic (exact) mass is 120 g/mol. The molecule has 48 valence electrons. The largest absolute Gasteiger partial charge is 0.155 e. The van der Waals surface area contributed by atoms with Crippen molar-refractivity contribution >= 4 is 7.28 Å². The number of hydrogen-bond donors (Lipinski definition) is 0. The first-order valence-electron chi connectivity index (χ1n) is 4.13. The van der Waals surface area contributed by atoms with Crippen molar-refractivity contribution in [2.45, 2.75) is 37.9 Å². The van der Waals surface area contributed by atoms with E-state index in [9.17, 15) is 0 Å². The minimum atomic E-state index is 1.08. The summed E-state index contributed by atoms with van der Waals surface area (Å²) in [5, 5.41) is 0. The van der Waals surface area contributed by atoms with Crippen LogP contribution in [0.4, 0.5) is 0 Å². The summed E-state index contributed by atoms with van der Waals surface area (Å²) in [4.78, 5) is 0. The van der Waals surface area contributed by atoms with Gasteiger partial charge in [0.15, 0.2) is 7.28 Å². The number of rotatable bonds is 0. The van der Waals surface area contributed by atoms with E-state index in [1.54, 1.807) is 5.47 Å². The average molecular weight is 120 g/mol. The highest BCUT2D eigenvalue weighted by Crippen LogP contribution is 2.33. The van der Waals surface area contributed by atoms with E-state index < -0.39 is 0 Å². The lowest BCUT2D eigenvalue weighted by atomic mass is 9.49. The summed E-state index contributed by atoms with van der Waals surface area (Å²) in [6.45, 7) is 0. The van der Waals surface area contributed by atoms with Crippen LogP contribution < -0.4 is 0 Å². The molecule has 1 saturated heterocycles. The third kappa shape index (κ3) is 1.05. The van der Waals surface area contributed by atoms with Gasteiger partial charge in [-0.1, -0.05) is 31.2 Å². The molecule has 0 amide bonds. The SMILES string of the molecule is B1C2=CCCC1CCC2. The second kappa shape index (κ2) is 2.20. The van der Waals surface area contributed by atoms with Crippen molar-refractivity contribution in [3.05, 3.63) is 11.5 Å². The molecule has 0 radical (unpaired) electrons. The Kier molecular flexibility index (Phi) is 1.37. The van der Waals surface area contributed by atoms with Gasteiger partial charge < -0.3 is 0 Å². The first-order chi connectivity index (χ1) is 4.45. The molecule has 1 unspecified atom stereocenters. The lowest BCUT2D eigenvalue weighted by Gasteiger charge is -2.26. The number of fused-ring (bicyclic) bond motifs is 2. The van der Waals surface area contributed by atoms with Gasteiger partial charge in [-0.25, -0.2) is 0 Å². The minimum absolute atomic E-state index is 1.08. The Labute approximate surface area is 57.6 Å². The fourth-order valence-electron chi connectivity index (χ4n) is 2.15. The molecule has 2 heterocycles. The van der Waals surface area contributed by atoms with Gasteiger partial charge in [0.2, 0.25) is 0 Å². The summed E-state index contributed by atoms with van der Waals surface area (Å²) in [5.41, 5.74) is 1.76. The highest BCUT2D eigenvalue weighted by Gasteiger charge is 2.20. The molecule has 2 rings (SSSR count). The molecule has 0 saturated carbocycles. The molecule has 2 bridgehead atoms. The molecule has 1 heteroatoms. The van der Waals surface area contributed by atoms with Crippen molar-refractivity contribution in [3.8, 4) is 0 Å². The molecule has 0 aromatic carbocycles. The summed E-state index contributed by atoms with van der Waals surface area (Å²) in [6.07, 6.45) is 9.71. The van der Waals surface area contributed by atoms with Crippen LogP contribution >= 0.6 is 0 Å². The molecule has 2 aliphatic heterocycles. The molecule has 0 spiro atoms. The lowest BCUT2D eigenvalue weighted by molar-refractivity contribution is 0.602. The Morgan fingerprint density at radius 3 is 3.22 bits per heavy atom. The Hall–Kier alpha value is -0.195. The first-order valence-corrected chi connectivity index (χ1v) is 4.13. The van der Waals surface area contributed by atoms with Crippen LogP contribution in [0.2, 0.25) is 5.82 Å². The molecule has 9 heavy (non-hydrogen) atoms. The Morgan fingerprint density at radius 1 is 1.44 bits per heavy atom. The predicted octanol–water partition coefficient (Wildman–Crippen LogP) is 2.07. The van der Waals surface area contributed by atoms with Crippen molar-refractivity contribution in [1.82, 2.24) is 0 Å². The van der Waals surface area contributed by atoms with Crippen LogP contribution in [-0.4, -0.2) is 7.28 Å². The van der Waals surface area contributed by atoms with Crippen LogP contribution in [0.5, 0.6) is 0 Å². The van der Waals surface area contributed by atoms with Crippen LogP contribution in [0.25, 0.3) is 0 Å². The van der Waals surface area contributed by atoms with Gasteiger partial charge in [-0.2, -0.15) is 0 Å². The van der Waals surface area contributed by atoms with Crippen LogP contribution in [0.3, 0.4) is 0 Å². The molecule has 0 aliphatic carbocycles. The van der Waals surface area contributed by atoms with Crippen LogP contribution in [0, 0.1) is 0 Å². The molecular formula is C8H13B. The Morgan fingerprint density at radius 2 is 2.44 bits per heavy atom. The van der Waals surface area contributed by atoms with Crippen LogP contribution in [0.1, 0.15) is 32.1 Å². The Bertz CT molecular complexity index is 138. The molecule has 0 aromatic heterocycles. The lowest BCUT2D eigenvalue weighted by Crippen LogP contribution is -2.16. The number of hydrogen-bond acceptors (Lipinski definition) is 0. The van der Waals surface area contributed by atoms with Crippen molar-refractivity contribution in [2.75, 3.05) is 0 Å². The summed E-state index contributed by atoms with van der Waals surface area (Å²) in [5.74, 6) is 1.08. The minimum Gasteiger partial charge on any atom is -0.109 e. The van der Waals surface area contributed by atoms with Gasteiger partial charge in [0.05, 0.1) is 0 Å². The summed E-state index contributed by atoms with van der Waals surface area (Å²) < 4.78 is 0. The standard InChI is InChI=1S/C8H13B/c1-3-7-5-2-6-8(4-1)9-7/h3,8-9H,1-2,4-6H2. The fourth-order valence-corrected chi connectivity index (χ4v) is 2.15. The number of allylic oxidation sites excluding steroid dienone is 2. The molecule has 2 aliphatic rings. The summed E-state index contributed by atoms with van der Waals surface area (Å²) in [6, 6.07) is 0. The second-order valence-electron chi connectivity index (χ2n) is 3.40. The van der Waals surface area contributed by atoms with Gasteiger partial charge in [0.25, 0.3) is 0 Å². The van der Waals surface area contributed by atoms with Gasteiger partial charge in [0, 0.05) is 0 Å². The van der Waals surface area contributed by atoms with Crippen molar-refractivity contribution in [1.29, 1.82) is 0 Å². The third-order valence-electron chi connectivity index (χ3n) is 2.67. The smallest absolute Gasteiger partial charge is 0.109 e. The maximum Gasteiger partial charge on any atom is 0.155 e. The van der Waals surface area contributed by atoms with Crippen molar-refractivity contribution < 1.29 is 0 Å². The normalized spacial score (nSPS) is 32.9. The van der Waals surface area contributed by atoms with Gasteiger partial charge in [-0.3, -0.25) is 0 Å². The van der Waals surface area contributed by atoms with E-state index in [2.05, 4.69) is 6.08 Å². The molecule has 1 atom stereocenters. The zero-order chi connectivity index (χ0) is 6.10. The van der Waals surface area contributed by atoms with Crippen LogP contribution in [0.15, 0.2) is 11.5 Å². The van der Waals surface area contributed by atoms with Gasteiger partial charge in [-0.15, -0.1) is 5.47 Å². The highest BCUT2D eigenvalue weighted by atomic mass is 14.1. The van der Waals surface area contributed by atoms with E-state index in [-0.39, 0.29) is 0 Å². The zero-order valence-electron chi connectivity index (χ0n) is 5.90.